The summed E-state index contributed by atoms with van der Waals surface area (Å²) in [5.41, 5.74) is 2.27. The van der Waals surface area contributed by atoms with Gasteiger partial charge in [-0.05, 0) is 49.2 Å². The van der Waals surface area contributed by atoms with Crippen molar-refractivity contribution < 1.29 is 13.6 Å². The minimum absolute atomic E-state index is 0.0375. The molecule has 0 aliphatic carbocycles. The molecule has 0 aliphatic heterocycles. The molecule has 22 heavy (non-hydrogen) atoms. The summed E-state index contributed by atoms with van der Waals surface area (Å²) in [6.07, 6.45) is 0. The van der Waals surface area contributed by atoms with Crippen molar-refractivity contribution in [2.45, 2.75) is 19.9 Å². The Bertz CT molecular complexity index is 656. The molecule has 5 heteroatoms. The van der Waals surface area contributed by atoms with E-state index in [1.165, 1.54) is 24.3 Å². The number of carbonyl (C=O) groups excluding carboxylic acids is 1. The predicted molar refractivity (Wildman–Crippen MR) is 82.6 cm³/mol. The van der Waals surface area contributed by atoms with Crippen LogP contribution in [0.15, 0.2) is 42.5 Å². The van der Waals surface area contributed by atoms with Gasteiger partial charge >= 0.3 is 0 Å². The molecule has 0 unspecified atom stereocenters. The first-order chi connectivity index (χ1) is 10.5. The van der Waals surface area contributed by atoms with E-state index in [2.05, 4.69) is 10.6 Å². The maximum Gasteiger partial charge on any atom is 0.239 e. The fourth-order valence-corrected chi connectivity index (χ4v) is 2.09. The van der Waals surface area contributed by atoms with Gasteiger partial charge in [0.15, 0.2) is 0 Å². The summed E-state index contributed by atoms with van der Waals surface area (Å²) in [5, 5.41) is 5.71. The standard InChI is InChI=1S/C17H18F2N2O/c1-11-3-6-15(19)9-16(11)20-10-17(22)21-12(2)13-4-7-14(18)8-5-13/h3-9,12,20H,10H2,1-2H3,(H,21,22)/t12-/m0/s1. The topological polar surface area (TPSA) is 41.1 Å². The maximum absolute atomic E-state index is 13.2. The molecule has 2 rings (SSSR count). The third kappa shape index (κ3) is 4.28. The summed E-state index contributed by atoms with van der Waals surface area (Å²) in [6.45, 7) is 3.69. The number of amides is 1. The number of halogens is 2. The Morgan fingerprint density at radius 2 is 1.73 bits per heavy atom. The van der Waals surface area contributed by atoms with E-state index in [1.54, 1.807) is 18.2 Å². The quantitative estimate of drug-likeness (QED) is 0.887. The molecule has 0 spiro atoms. The highest BCUT2D eigenvalue weighted by Crippen LogP contribution is 2.16. The van der Waals surface area contributed by atoms with Crippen LogP contribution in [-0.2, 0) is 4.79 Å². The van der Waals surface area contributed by atoms with Crippen LogP contribution in [0.4, 0.5) is 14.5 Å². The molecule has 1 atom stereocenters. The smallest absolute Gasteiger partial charge is 0.239 e. The summed E-state index contributed by atoms with van der Waals surface area (Å²) in [4.78, 5) is 11.9. The van der Waals surface area contributed by atoms with E-state index in [0.717, 1.165) is 11.1 Å². The molecular weight excluding hydrogens is 286 g/mol. The number of nitrogens with one attached hydrogen (secondary N) is 2. The first kappa shape index (κ1) is 15.9. The maximum atomic E-state index is 13.2. The van der Waals surface area contributed by atoms with E-state index in [0.29, 0.717) is 5.69 Å². The molecule has 0 saturated carbocycles. The summed E-state index contributed by atoms with van der Waals surface area (Å²) in [7, 11) is 0. The van der Waals surface area contributed by atoms with Gasteiger partial charge in [-0.25, -0.2) is 8.78 Å². The molecule has 2 aromatic carbocycles. The van der Waals surface area contributed by atoms with Crippen LogP contribution in [0.5, 0.6) is 0 Å². The summed E-state index contributed by atoms with van der Waals surface area (Å²) < 4.78 is 26.0. The number of hydrogen-bond acceptors (Lipinski definition) is 2. The van der Waals surface area contributed by atoms with Gasteiger partial charge in [0.1, 0.15) is 11.6 Å². The van der Waals surface area contributed by atoms with Crippen LogP contribution in [0, 0.1) is 18.6 Å². The zero-order valence-electron chi connectivity index (χ0n) is 12.5. The second-order valence-corrected chi connectivity index (χ2v) is 5.15. The third-order valence-corrected chi connectivity index (χ3v) is 3.39. The molecule has 0 heterocycles. The lowest BCUT2D eigenvalue weighted by atomic mass is 10.1. The molecule has 2 aromatic rings. The SMILES string of the molecule is Cc1ccc(F)cc1NCC(=O)N[C@@H](C)c1ccc(F)cc1. The van der Waals surface area contributed by atoms with Crippen LogP contribution in [0.1, 0.15) is 24.1 Å². The minimum atomic E-state index is -0.354. The molecule has 3 nitrogen and oxygen atoms in total. The van der Waals surface area contributed by atoms with Crippen molar-refractivity contribution in [2.75, 3.05) is 11.9 Å². The highest BCUT2D eigenvalue weighted by atomic mass is 19.1. The Kier molecular flexibility index (Phi) is 5.09. The number of aryl methyl sites for hydroxylation is 1. The number of anilines is 1. The van der Waals surface area contributed by atoms with E-state index >= 15 is 0 Å². The van der Waals surface area contributed by atoms with Crippen LogP contribution in [0.3, 0.4) is 0 Å². The van der Waals surface area contributed by atoms with Crippen molar-refractivity contribution in [1.29, 1.82) is 0 Å². The summed E-state index contributed by atoms with van der Waals surface area (Å²) in [6, 6.07) is 10.1. The van der Waals surface area contributed by atoms with E-state index < -0.39 is 0 Å². The van der Waals surface area contributed by atoms with Crippen molar-refractivity contribution in [3.8, 4) is 0 Å². The zero-order valence-corrected chi connectivity index (χ0v) is 12.5. The number of hydrogen-bond donors (Lipinski definition) is 2. The average Bonchev–Trinajstić information content (AvgIpc) is 2.49. The normalized spacial score (nSPS) is 11.8. The first-order valence-electron chi connectivity index (χ1n) is 7.00. The monoisotopic (exact) mass is 304 g/mol. The fourth-order valence-electron chi connectivity index (χ4n) is 2.09. The average molecular weight is 304 g/mol. The molecular formula is C17H18F2N2O. The third-order valence-electron chi connectivity index (χ3n) is 3.39. The Hall–Kier alpha value is -2.43. The molecule has 0 aromatic heterocycles. The molecule has 0 aliphatic rings. The molecule has 0 saturated heterocycles. The van der Waals surface area contributed by atoms with Gasteiger partial charge in [0.05, 0.1) is 12.6 Å². The van der Waals surface area contributed by atoms with E-state index in [1.807, 2.05) is 13.8 Å². The number of rotatable bonds is 5. The molecule has 1 amide bonds. The van der Waals surface area contributed by atoms with Gasteiger partial charge in [-0.3, -0.25) is 4.79 Å². The lowest BCUT2D eigenvalue weighted by molar-refractivity contribution is -0.120. The Morgan fingerprint density at radius 1 is 1.09 bits per heavy atom. The van der Waals surface area contributed by atoms with E-state index in [-0.39, 0.29) is 30.1 Å². The van der Waals surface area contributed by atoms with Crippen LogP contribution in [-0.4, -0.2) is 12.5 Å². The summed E-state index contributed by atoms with van der Waals surface area (Å²) >= 11 is 0. The van der Waals surface area contributed by atoms with Crippen molar-refractivity contribution in [1.82, 2.24) is 5.32 Å². The highest BCUT2D eigenvalue weighted by Gasteiger charge is 2.10. The van der Waals surface area contributed by atoms with Crippen LogP contribution >= 0.6 is 0 Å². The van der Waals surface area contributed by atoms with Gasteiger partial charge in [0.2, 0.25) is 5.91 Å². The first-order valence-corrected chi connectivity index (χ1v) is 7.00. The van der Waals surface area contributed by atoms with Gasteiger partial charge in [0.25, 0.3) is 0 Å². The molecule has 2 N–H and O–H groups in total. The van der Waals surface area contributed by atoms with Gasteiger partial charge in [-0.1, -0.05) is 18.2 Å². The second-order valence-electron chi connectivity index (χ2n) is 5.15. The lowest BCUT2D eigenvalue weighted by Crippen LogP contribution is -2.32. The minimum Gasteiger partial charge on any atom is -0.376 e. The predicted octanol–water partition coefficient (Wildman–Crippen LogP) is 3.56. The van der Waals surface area contributed by atoms with Gasteiger partial charge in [-0.2, -0.15) is 0 Å². The zero-order chi connectivity index (χ0) is 16.1. The van der Waals surface area contributed by atoms with Gasteiger partial charge < -0.3 is 10.6 Å². The van der Waals surface area contributed by atoms with Crippen molar-refractivity contribution >= 4 is 11.6 Å². The Balaban J connectivity index is 1.90. The Morgan fingerprint density at radius 3 is 2.41 bits per heavy atom. The lowest BCUT2D eigenvalue weighted by Gasteiger charge is -2.15. The van der Waals surface area contributed by atoms with Crippen LogP contribution < -0.4 is 10.6 Å². The van der Waals surface area contributed by atoms with Crippen molar-refractivity contribution in [3.63, 3.8) is 0 Å². The molecule has 116 valence electrons. The largest absolute Gasteiger partial charge is 0.376 e. The van der Waals surface area contributed by atoms with Crippen molar-refractivity contribution in [2.24, 2.45) is 0 Å². The van der Waals surface area contributed by atoms with Crippen LogP contribution in [0.2, 0.25) is 0 Å². The fraction of sp³-hybridized carbons (Fsp3) is 0.235. The molecule has 0 fully saturated rings. The van der Waals surface area contributed by atoms with Crippen molar-refractivity contribution in [3.05, 3.63) is 65.2 Å². The van der Waals surface area contributed by atoms with Gasteiger partial charge in [0, 0.05) is 5.69 Å². The highest BCUT2D eigenvalue weighted by molar-refractivity contribution is 5.81. The summed E-state index contributed by atoms with van der Waals surface area (Å²) in [5.74, 6) is -0.890. The second kappa shape index (κ2) is 7.02. The van der Waals surface area contributed by atoms with E-state index in [4.69, 9.17) is 0 Å². The molecule has 0 bridgehead atoms. The van der Waals surface area contributed by atoms with E-state index in [9.17, 15) is 13.6 Å². The number of benzene rings is 2. The Labute approximate surface area is 128 Å². The van der Waals surface area contributed by atoms with Gasteiger partial charge in [-0.15, -0.1) is 0 Å². The number of carbonyl (C=O) groups is 1. The molecule has 0 radical (unpaired) electrons. The van der Waals surface area contributed by atoms with Crippen LogP contribution in [0.25, 0.3) is 0 Å².